The maximum absolute atomic E-state index is 13.5. The average Bonchev–Trinajstić information content (AvgIpc) is 2.35. The van der Waals surface area contributed by atoms with Gasteiger partial charge in [-0.2, -0.15) is 0 Å². The smallest absolute Gasteiger partial charge is 0.141 e. The summed E-state index contributed by atoms with van der Waals surface area (Å²) in [5, 5.41) is 0. The summed E-state index contributed by atoms with van der Waals surface area (Å²) in [6, 6.07) is 2.35. The number of nitrogens with two attached hydrogens (primary N) is 1. The summed E-state index contributed by atoms with van der Waals surface area (Å²) in [7, 11) is 0. The lowest BCUT2D eigenvalue weighted by Crippen LogP contribution is -1.94. The Balaban J connectivity index is 2.19. The van der Waals surface area contributed by atoms with Crippen molar-refractivity contribution in [1.82, 2.24) is 0 Å². The molecule has 4 heteroatoms. The van der Waals surface area contributed by atoms with E-state index < -0.39 is 11.6 Å². The zero-order valence-corrected chi connectivity index (χ0v) is 12.4. The van der Waals surface area contributed by atoms with Gasteiger partial charge in [-0.15, -0.1) is 11.8 Å². The maximum Gasteiger partial charge on any atom is 0.141 e. The molecule has 0 saturated carbocycles. The van der Waals surface area contributed by atoms with Crippen molar-refractivity contribution in [3.05, 3.63) is 23.8 Å². The van der Waals surface area contributed by atoms with Crippen molar-refractivity contribution in [2.45, 2.75) is 56.8 Å². The fourth-order valence-corrected chi connectivity index (χ4v) is 2.90. The molecule has 0 atom stereocenters. The second-order valence-corrected chi connectivity index (χ2v) is 5.89. The Morgan fingerprint density at radius 2 is 1.47 bits per heavy atom. The predicted molar refractivity (Wildman–Crippen MR) is 79.5 cm³/mol. The van der Waals surface area contributed by atoms with Crippen LogP contribution in [0.15, 0.2) is 17.0 Å². The molecule has 0 saturated heterocycles. The number of hydrogen-bond donors (Lipinski definition) is 1. The molecule has 0 spiro atoms. The van der Waals surface area contributed by atoms with Crippen LogP contribution in [0.25, 0.3) is 0 Å². The van der Waals surface area contributed by atoms with Crippen LogP contribution in [0.3, 0.4) is 0 Å². The number of benzene rings is 1. The van der Waals surface area contributed by atoms with Gasteiger partial charge in [0, 0.05) is 5.69 Å². The van der Waals surface area contributed by atoms with Gasteiger partial charge in [0.05, 0.1) is 4.90 Å². The molecule has 0 amide bonds. The lowest BCUT2D eigenvalue weighted by Gasteiger charge is -2.06. The highest BCUT2D eigenvalue weighted by Crippen LogP contribution is 2.28. The summed E-state index contributed by atoms with van der Waals surface area (Å²) in [6.07, 6.45) is 8.47. The van der Waals surface area contributed by atoms with Gasteiger partial charge < -0.3 is 5.73 Å². The molecule has 0 fully saturated rings. The third-order valence-corrected chi connectivity index (χ3v) is 4.19. The fraction of sp³-hybridized carbons (Fsp3) is 0.600. The first-order valence-electron chi connectivity index (χ1n) is 7.02. The Morgan fingerprint density at radius 3 is 2.05 bits per heavy atom. The van der Waals surface area contributed by atoms with Crippen molar-refractivity contribution >= 4 is 17.4 Å². The highest BCUT2D eigenvalue weighted by atomic mass is 32.2. The van der Waals surface area contributed by atoms with Crippen LogP contribution in [-0.4, -0.2) is 5.75 Å². The SMILES string of the molecule is CCCCCCCCCSc1c(F)cc(N)cc1F. The number of nitrogen functional groups attached to an aromatic ring is 1. The van der Waals surface area contributed by atoms with E-state index in [4.69, 9.17) is 5.73 Å². The number of halogens is 2. The number of unbranched alkanes of at least 4 members (excludes halogenated alkanes) is 6. The first-order valence-corrected chi connectivity index (χ1v) is 8.01. The minimum absolute atomic E-state index is 0.0974. The maximum atomic E-state index is 13.5. The minimum Gasteiger partial charge on any atom is -0.399 e. The van der Waals surface area contributed by atoms with Crippen LogP contribution in [0.5, 0.6) is 0 Å². The minimum atomic E-state index is -0.551. The van der Waals surface area contributed by atoms with Gasteiger partial charge in [-0.25, -0.2) is 8.78 Å². The molecule has 108 valence electrons. The van der Waals surface area contributed by atoms with Crippen LogP contribution in [-0.2, 0) is 0 Å². The van der Waals surface area contributed by atoms with Gasteiger partial charge in [-0.1, -0.05) is 45.4 Å². The van der Waals surface area contributed by atoms with Crippen LogP contribution in [0.1, 0.15) is 51.9 Å². The van der Waals surface area contributed by atoms with E-state index in [1.165, 1.54) is 56.0 Å². The van der Waals surface area contributed by atoms with E-state index >= 15 is 0 Å². The molecule has 0 aliphatic carbocycles. The molecule has 1 nitrogen and oxygen atoms in total. The third-order valence-electron chi connectivity index (χ3n) is 3.01. The van der Waals surface area contributed by atoms with Crippen LogP contribution in [0.4, 0.5) is 14.5 Å². The summed E-state index contributed by atoms with van der Waals surface area (Å²) >= 11 is 1.25. The summed E-state index contributed by atoms with van der Waals surface area (Å²) in [5.41, 5.74) is 5.51. The van der Waals surface area contributed by atoms with E-state index in [-0.39, 0.29) is 10.6 Å². The van der Waals surface area contributed by atoms with Crippen LogP contribution in [0, 0.1) is 11.6 Å². The van der Waals surface area contributed by atoms with Gasteiger partial charge in [-0.3, -0.25) is 0 Å². The highest BCUT2D eigenvalue weighted by molar-refractivity contribution is 7.99. The van der Waals surface area contributed by atoms with Gasteiger partial charge in [0.25, 0.3) is 0 Å². The summed E-state index contributed by atoms with van der Waals surface area (Å²) in [5.74, 6) is -0.346. The molecule has 19 heavy (non-hydrogen) atoms. The standard InChI is InChI=1S/C15H23F2NS/c1-2-3-4-5-6-7-8-9-19-15-13(16)10-12(18)11-14(15)17/h10-11H,2-9,18H2,1H3. The zero-order valence-electron chi connectivity index (χ0n) is 11.6. The molecule has 1 rings (SSSR count). The largest absolute Gasteiger partial charge is 0.399 e. The van der Waals surface area contributed by atoms with E-state index in [1.807, 2.05) is 0 Å². The molecule has 1 aromatic rings. The molecule has 0 unspecified atom stereocenters. The molecular formula is C15H23F2NS. The molecular weight excluding hydrogens is 264 g/mol. The average molecular weight is 287 g/mol. The summed E-state index contributed by atoms with van der Waals surface area (Å²) in [4.78, 5) is 0.0974. The second kappa shape index (κ2) is 9.18. The van der Waals surface area contributed by atoms with Crippen LogP contribution >= 0.6 is 11.8 Å². The lowest BCUT2D eigenvalue weighted by atomic mass is 10.1. The van der Waals surface area contributed by atoms with E-state index in [2.05, 4.69) is 6.92 Å². The lowest BCUT2D eigenvalue weighted by molar-refractivity contribution is 0.541. The number of rotatable bonds is 9. The Bertz CT molecular complexity index is 359. The summed E-state index contributed by atoms with van der Waals surface area (Å²) < 4.78 is 27.0. The van der Waals surface area contributed by atoms with Gasteiger partial charge >= 0.3 is 0 Å². The zero-order chi connectivity index (χ0) is 14.1. The first-order chi connectivity index (χ1) is 9.15. The van der Waals surface area contributed by atoms with Crippen molar-refractivity contribution in [3.8, 4) is 0 Å². The first kappa shape index (κ1) is 16.3. The van der Waals surface area contributed by atoms with Crippen LogP contribution < -0.4 is 5.73 Å². The molecule has 0 aromatic heterocycles. The molecule has 0 aliphatic rings. The predicted octanol–water partition coefficient (Wildman–Crippen LogP) is 5.39. The van der Waals surface area contributed by atoms with Crippen molar-refractivity contribution in [3.63, 3.8) is 0 Å². The van der Waals surface area contributed by atoms with E-state index in [1.54, 1.807) is 0 Å². The van der Waals surface area contributed by atoms with E-state index in [0.29, 0.717) is 0 Å². The number of thioether (sulfide) groups is 1. The molecule has 1 aromatic carbocycles. The molecule has 0 radical (unpaired) electrons. The van der Waals surface area contributed by atoms with Gasteiger partial charge in [0.2, 0.25) is 0 Å². The van der Waals surface area contributed by atoms with Gasteiger partial charge in [-0.05, 0) is 24.3 Å². The number of hydrogen-bond acceptors (Lipinski definition) is 2. The topological polar surface area (TPSA) is 26.0 Å². The molecule has 0 bridgehead atoms. The molecule has 2 N–H and O–H groups in total. The normalized spacial score (nSPS) is 10.9. The van der Waals surface area contributed by atoms with Crippen molar-refractivity contribution in [2.24, 2.45) is 0 Å². The highest BCUT2D eigenvalue weighted by Gasteiger charge is 2.10. The molecule has 0 heterocycles. The van der Waals surface area contributed by atoms with Crippen molar-refractivity contribution in [1.29, 1.82) is 0 Å². The number of anilines is 1. The van der Waals surface area contributed by atoms with Gasteiger partial charge in [0.1, 0.15) is 11.6 Å². The monoisotopic (exact) mass is 287 g/mol. The molecule has 0 aliphatic heterocycles. The second-order valence-electron chi connectivity index (χ2n) is 4.78. The van der Waals surface area contributed by atoms with E-state index in [9.17, 15) is 8.78 Å². The van der Waals surface area contributed by atoms with Gasteiger partial charge in [0.15, 0.2) is 0 Å². The Labute approximate surface area is 119 Å². The van der Waals surface area contributed by atoms with Crippen molar-refractivity contribution < 1.29 is 8.78 Å². The third kappa shape index (κ3) is 6.28. The van der Waals surface area contributed by atoms with E-state index in [0.717, 1.165) is 18.6 Å². The quantitative estimate of drug-likeness (QED) is 0.374. The Morgan fingerprint density at radius 1 is 0.947 bits per heavy atom. The van der Waals surface area contributed by atoms with Crippen molar-refractivity contribution in [2.75, 3.05) is 11.5 Å². The Hall–Kier alpha value is -0.770. The fourth-order valence-electron chi connectivity index (χ4n) is 1.95. The Kier molecular flexibility index (Phi) is 7.87. The van der Waals surface area contributed by atoms with Crippen LogP contribution in [0.2, 0.25) is 0 Å². The summed E-state index contributed by atoms with van der Waals surface area (Å²) in [6.45, 7) is 2.20.